The van der Waals surface area contributed by atoms with Gasteiger partial charge in [-0.05, 0) is 12.1 Å². The molecule has 2 rings (SSSR count). The van der Waals surface area contributed by atoms with Crippen molar-refractivity contribution in [3.8, 4) is 0 Å². The smallest absolute Gasteiger partial charge is 0.169 e. The van der Waals surface area contributed by atoms with Gasteiger partial charge in [0.25, 0.3) is 0 Å². The Morgan fingerprint density at radius 1 is 0.706 bits per heavy atom. The molecule has 0 aliphatic carbocycles. The molecule has 0 fully saturated rings. The first-order chi connectivity index (χ1) is 8.20. The van der Waals surface area contributed by atoms with Crippen LogP contribution in [0.4, 0.5) is 13.2 Å². The minimum Gasteiger partial charge on any atom is -0.206 e. The number of benzene rings is 2. The highest BCUT2D eigenvalue weighted by Gasteiger charge is 2.14. The summed E-state index contributed by atoms with van der Waals surface area (Å²) >= 11 is 0. The molecule has 0 bridgehead atoms. The molecule has 0 saturated heterocycles. The molecule has 0 aromatic heterocycles. The molecule has 2 aromatic carbocycles. The molecule has 0 aliphatic heterocycles. The number of hydrogen-bond acceptors (Lipinski definition) is 0. The lowest BCUT2D eigenvalue weighted by molar-refractivity contribution is 0.611. The largest absolute Gasteiger partial charge is 0.206 e. The summed E-state index contributed by atoms with van der Waals surface area (Å²) < 4.78 is 40.7. The standard InChI is InChI=1S/C14H9F3/c15-12-9-5-4-8-11(12)14(17)13(16)10-6-2-1-3-7-10/h1-9H. The molecule has 86 valence electrons. The van der Waals surface area contributed by atoms with Gasteiger partial charge in [0.05, 0.1) is 0 Å². The fourth-order valence-corrected chi connectivity index (χ4v) is 1.47. The van der Waals surface area contributed by atoms with Crippen LogP contribution in [0.3, 0.4) is 0 Å². The monoisotopic (exact) mass is 234 g/mol. The third-order valence-electron chi connectivity index (χ3n) is 2.33. The van der Waals surface area contributed by atoms with Gasteiger partial charge in [-0.25, -0.2) is 13.2 Å². The third kappa shape index (κ3) is 2.38. The molecule has 0 aliphatic rings. The summed E-state index contributed by atoms with van der Waals surface area (Å²) in [7, 11) is 0. The minimum absolute atomic E-state index is 0.0910. The van der Waals surface area contributed by atoms with Gasteiger partial charge >= 0.3 is 0 Å². The zero-order valence-electron chi connectivity index (χ0n) is 8.83. The molecular formula is C14H9F3. The SMILES string of the molecule is FC(=C(F)c1ccccc1F)c1ccccc1. The molecule has 0 nitrogen and oxygen atoms in total. The van der Waals surface area contributed by atoms with Gasteiger partial charge in [0, 0.05) is 11.1 Å². The van der Waals surface area contributed by atoms with E-state index in [0.717, 1.165) is 6.07 Å². The van der Waals surface area contributed by atoms with Crippen LogP contribution in [0.15, 0.2) is 54.6 Å². The second-order valence-corrected chi connectivity index (χ2v) is 3.47. The summed E-state index contributed by atoms with van der Waals surface area (Å²) in [4.78, 5) is 0. The van der Waals surface area contributed by atoms with E-state index in [1.54, 1.807) is 18.2 Å². The van der Waals surface area contributed by atoms with Crippen LogP contribution in [-0.2, 0) is 0 Å². The van der Waals surface area contributed by atoms with E-state index in [9.17, 15) is 13.2 Å². The molecule has 0 spiro atoms. The molecule has 3 heteroatoms. The van der Waals surface area contributed by atoms with Crippen LogP contribution in [0.25, 0.3) is 11.7 Å². The normalized spacial score (nSPS) is 12.2. The van der Waals surface area contributed by atoms with Crippen molar-refractivity contribution in [1.29, 1.82) is 0 Å². The fraction of sp³-hybridized carbons (Fsp3) is 0. The first kappa shape index (κ1) is 11.5. The second-order valence-electron chi connectivity index (χ2n) is 3.47. The second kappa shape index (κ2) is 4.87. The summed E-state index contributed by atoms with van der Waals surface area (Å²) in [6.45, 7) is 0. The molecule has 0 unspecified atom stereocenters. The molecule has 17 heavy (non-hydrogen) atoms. The summed E-state index contributed by atoms with van der Waals surface area (Å²) in [5, 5.41) is 0. The van der Waals surface area contributed by atoms with Gasteiger partial charge in [-0.2, -0.15) is 0 Å². The predicted octanol–water partition coefficient (Wildman–Crippen LogP) is 4.59. The molecule has 0 heterocycles. The Kier molecular flexibility index (Phi) is 3.28. The van der Waals surface area contributed by atoms with Crippen molar-refractivity contribution in [2.75, 3.05) is 0 Å². The maximum absolute atomic E-state index is 13.7. The van der Waals surface area contributed by atoms with Crippen molar-refractivity contribution in [1.82, 2.24) is 0 Å². The number of halogens is 3. The Balaban J connectivity index is 2.50. The van der Waals surface area contributed by atoms with E-state index in [-0.39, 0.29) is 11.1 Å². The van der Waals surface area contributed by atoms with Crippen LogP contribution in [-0.4, -0.2) is 0 Å². The van der Waals surface area contributed by atoms with E-state index in [0.29, 0.717) is 0 Å². The lowest BCUT2D eigenvalue weighted by atomic mass is 10.1. The first-order valence-electron chi connectivity index (χ1n) is 5.05. The Morgan fingerprint density at radius 3 is 1.94 bits per heavy atom. The van der Waals surface area contributed by atoms with Crippen LogP contribution in [0.2, 0.25) is 0 Å². The molecule has 0 radical (unpaired) electrons. The Morgan fingerprint density at radius 2 is 1.29 bits per heavy atom. The maximum Gasteiger partial charge on any atom is 0.169 e. The topological polar surface area (TPSA) is 0 Å². The summed E-state index contributed by atoms with van der Waals surface area (Å²) in [5.74, 6) is -3.03. The van der Waals surface area contributed by atoms with Gasteiger partial charge in [-0.15, -0.1) is 0 Å². The van der Waals surface area contributed by atoms with Gasteiger partial charge < -0.3 is 0 Å². The average molecular weight is 234 g/mol. The van der Waals surface area contributed by atoms with Crippen LogP contribution in [0, 0.1) is 5.82 Å². The van der Waals surface area contributed by atoms with Gasteiger partial charge in [-0.1, -0.05) is 42.5 Å². The minimum atomic E-state index is -1.19. The molecule has 0 amide bonds. The van der Waals surface area contributed by atoms with Crippen molar-refractivity contribution in [3.63, 3.8) is 0 Å². The third-order valence-corrected chi connectivity index (χ3v) is 2.33. The van der Waals surface area contributed by atoms with E-state index >= 15 is 0 Å². The number of rotatable bonds is 2. The van der Waals surface area contributed by atoms with Crippen molar-refractivity contribution in [2.45, 2.75) is 0 Å². The van der Waals surface area contributed by atoms with Crippen molar-refractivity contribution in [3.05, 3.63) is 71.5 Å². The molecular weight excluding hydrogens is 225 g/mol. The zero-order valence-corrected chi connectivity index (χ0v) is 8.83. The van der Waals surface area contributed by atoms with Crippen LogP contribution >= 0.6 is 0 Å². The van der Waals surface area contributed by atoms with Crippen LogP contribution < -0.4 is 0 Å². The van der Waals surface area contributed by atoms with Crippen molar-refractivity contribution >= 4 is 11.7 Å². The highest BCUT2D eigenvalue weighted by Crippen LogP contribution is 2.29. The molecule has 0 saturated carbocycles. The van der Waals surface area contributed by atoms with E-state index in [1.165, 1.54) is 30.3 Å². The van der Waals surface area contributed by atoms with Gasteiger partial charge in [0.1, 0.15) is 5.82 Å². The molecule has 0 N–H and O–H groups in total. The Bertz CT molecular complexity index is 544. The molecule has 0 atom stereocenters. The average Bonchev–Trinajstić information content (AvgIpc) is 2.39. The Labute approximate surface area is 97.0 Å². The highest BCUT2D eigenvalue weighted by molar-refractivity contribution is 5.83. The van der Waals surface area contributed by atoms with E-state index in [2.05, 4.69) is 0 Å². The highest BCUT2D eigenvalue weighted by atomic mass is 19.2. The lowest BCUT2D eigenvalue weighted by Gasteiger charge is -2.02. The number of hydrogen-bond donors (Lipinski definition) is 0. The first-order valence-corrected chi connectivity index (χ1v) is 5.05. The van der Waals surface area contributed by atoms with Crippen LogP contribution in [0.1, 0.15) is 11.1 Å². The quantitative estimate of drug-likeness (QED) is 0.666. The predicted molar refractivity (Wildman–Crippen MR) is 61.9 cm³/mol. The lowest BCUT2D eigenvalue weighted by Crippen LogP contribution is -1.88. The van der Waals surface area contributed by atoms with E-state index in [1.807, 2.05) is 0 Å². The van der Waals surface area contributed by atoms with Crippen LogP contribution in [0.5, 0.6) is 0 Å². The zero-order chi connectivity index (χ0) is 12.3. The summed E-state index contributed by atoms with van der Waals surface area (Å²) in [5.41, 5.74) is -0.276. The summed E-state index contributed by atoms with van der Waals surface area (Å²) in [6, 6.07) is 12.9. The van der Waals surface area contributed by atoms with Gasteiger partial charge in [-0.3, -0.25) is 0 Å². The van der Waals surface area contributed by atoms with Crippen molar-refractivity contribution in [2.24, 2.45) is 0 Å². The maximum atomic E-state index is 13.7. The van der Waals surface area contributed by atoms with Gasteiger partial charge in [0.2, 0.25) is 0 Å². The Hall–Kier alpha value is -2.03. The van der Waals surface area contributed by atoms with E-state index < -0.39 is 17.5 Å². The van der Waals surface area contributed by atoms with Gasteiger partial charge in [0.15, 0.2) is 11.7 Å². The molecule has 2 aromatic rings. The fourth-order valence-electron chi connectivity index (χ4n) is 1.47. The van der Waals surface area contributed by atoms with E-state index in [4.69, 9.17) is 0 Å². The van der Waals surface area contributed by atoms with Crippen molar-refractivity contribution < 1.29 is 13.2 Å². The summed E-state index contributed by atoms with van der Waals surface area (Å²) in [6.07, 6.45) is 0.